The average Bonchev–Trinajstić information content (AvgIpc) is 3.12. The van der Waals surface area contributed by atoms with Gasteiger partial charge in [0.05, 0.1) is 7.11 Å². The van der Waals surface area contributed by atoms with Crippen LogP contribution in [0.4, 0.5) is 0 Å². The molecule has 0 spiro atoms. The minimum absolute atomic E-state index is 0.135. The first-order chi connectivity index (χ1) is 12.2. The van der Waals surface area contributed by atoms with Crippen LogP contribution in [0.25, 0.3) is 6.08 Å². The lowest BCUT2D eigenvalue weighted by Gasteiger charge is -2.04. The van der Waals surface area contributed by atoms with Gasteiger partial charge in [-0.1, -0.05) is 18.2 Å². The molecule has 0 aromatic heterocycles. The van der Waals surface area contributed by atoms with Crippen molar-refractivity contribution in [2.75, 3.05) is 20.5 Å². The third kappa shape index (κ3) is 3.98. The molecule has 128 valence electrons. The summed E-state index contributed by atoms with van der Waals surface area (Å²) in [4.78, 5) is 23.9. The number of Topliss-reactive ketones (excluding diaryl/α,β-unsaturated/α-hetero) is 1. The Morgan fingerprint density at radius 2 is 1.92 bits per heavy atom. The zero-order valence-electron chi connectivity index (χ0n) is 13.6. The van der Waals surface area contributed by atoms with Crippen molar-refractivity contribution >= 4 is 17.8 Å². The van der Waals surface area contributed by atoms with Crippen molar-refractivity contribution in [2.45, 2.75) is 0 Å². The fourth-order valence-corrected chi connectivity index (χ4v) is 2.30. The zero-order valence-corrected chi connectivity index (χ0v) is 13.6. The number of hydrogen-bond donors (Lipinski definition) is 0. The molecule has 6 heteroatoms. The third-order valence-corrected chi connectivity index (χ3v) is 3.58. The first-order valence-electron chi connectivity index (χ1n) is 7.58. The van der Waals surface area contributed by atoms with Gasteiger partial charge in [0.25, 0.3) is 0 Å². The normalized spacial score (nSPS) is 12.2. The maximum Gasteiger partial charge on any atom is 0.331 e. The number of benzene rings is 2. The standard InChI is InChI=1S/C19H16O6/c1-22-16-5-3-2-4-13(16)7-9-19(21)23-11-15(20)14-6-8-17-18(10-14)25-12-24-17/h2-10H,11-12H2,1H3/b9-7+. The van der Waals surface area contributed by atoms with Crippen LogP contribution in [0.5, 0.6) is 17.2 Å². The number of fused-ring (bicyclic) bond motifs is 1. The summed E-state index contributed by atoms with van der Waals surface area (Å²) in [5.41, 5.74) is 1.13. The largest absolute Gasteiger partial charge is 0.496 e. The molecule has 0 saturated carbocycles. The number of rotatable bonds is 6. The topological polar surface area (TPSA) is 71.1 Å². The molecular weight excluding hydrogens is 324 g/mol. The van der Waals surface area contributed by atoms with Gasteiger partial charge in [-0.2, -0.15) is 0 Å². The zero-order chi connectivity index (χ0) is 17.6. The lowest BCUT2D eigenvalue weighted by atomic mass is 10.1. The number of carbonyl (C=O) groups is 2. The van der Waals surface area contributed by atoms with Gasteiger partial charge in [-0.3, -0.25) is 4.79 Å². The number of methoxy groups -OCH3 is 1. The lowest BCUT2D eigenvalue weighted by molar-refractivity contribution is -0.136. The van der Waals surface area contributed by atoms with Crippen molar-refractivity contribution in [3.05, 3.63) is 59.7 Å². The minimum atomic E-state index is -0.611. The highest BCUT2D eigenvalue weighted by atomic mass is 16.7. The Morgan fingerprint density at radius 3 is 2.76 bits per heavy atom. The Labute approximate surface area is 144 Å². The van der Waals surface area contributed by atoms with Crippen LogP contribution in [0, 0.1) is 0 Å². The van der Waals surface area contributed by atoms with Gasteiger partial charge in [-0.15, -0.1) is 0 Å². The molecule has 0 N–H and O–H groups in total. The molecule has 3 rings (SSSR count). The van der Waals surface area contributed by atoms with E-state index in [0.717, 1.165) is 5.56 Å². The summed E-state index contributed by atoms with van der Waals surface area (Å²) in [7, 11) is 1.55. The first kappa shape index (κ1) is 16.6. The van der Waals surface area contributed by atoms with Gasteiger partial charge in [0.1, 0.15) is 5.75 Å². The van der Waals surface area contributed by atoms with Gasteiger partial charge in [-0.25, -0.2) is 4.79 Å². The molecule has 1 aliphatic rings. The van der Waals surface area contributed by atoms with Crippen LogP contribution in [-0.4, -0.2) is 32.3 Å². The Hall–Kier alpha value is -3.28. The van der Waals surface area contributed by atoms with E-state index >= 15 is 0 Å². The van der Waals surface area contributed by atoms with Crippen LogP contribution in [-0.2, 0) is 9.53 Å². The van der Waals surface area contributed by atoms with E-state index in [0.29, 0.717) is 22.8 Å². The molecule has 0 radical (unpaired) electrons. The van der Waals surface area contributed by atoms with E-state index in [2.05, 4.69) is 0 Å². The maximum absolute atomic E-state index is 12.1. The summed E-state index contributed by atoms with van der Waals surface area (Å²) in [6.07, 6.45) is 2.83. The third-order valence-electron chi connectivity index (χ3n) is 3.58. The highest BCUT2D eigenvalue weighted by Crippen LogP contribution is 2.32. The monoisotopic (exact) mass is 340 g/mol. The molecule has 0 aliphatic carbocycles. The number of esters is 1. The summed E-state index contributed by atoms with van der Waals surface area (Å²) in [5, 5.41) is 0. The smallest absolute Gasteiger partial charge is 0.331 e. The van der Waals surface area contributed by atoms with E-state index < -0.39 is 5.97 Å². The quantitative estimate of drug-likeness (QED) is 0.457. The van der Waals surface area contributed by atoms with Gasteiger partial charge < -0.3 is 18.9 Å². The first-order valence-corrected chi connectivity index (χ1v) is 7.58. The van der Waals surface area contributed by atoms with Gasteiger partial charge in [0.2, 0.25) is 6.79 Å². The summed E-state index contributed by atoms with van der Waals surface area (Å²) in [5.74, 6) is 0.807. The van der Waals surface area contributed by atoms with E-state index in [1.807, 2.05) is 12.1 Å². The average molecular weight is 340 g/mol. The van der Waals surface area contributed by atoms with Crippen molar-refractivity contribution < 1.29 is 28.5 Å². The highest BCUT2D eigenvalue weighted by molar-refractivity contribution is 5.99. The van der Waals surface area contributed by atoms with Crippen LogP contribution < -0.4 is 14.2 Å². The maximum atomic E-state index is 12.1. The second-order valence-corrected chi connectivity index (χ2v) is 5.17. The van der Waals surface area contributed by atoms with Gasteiger partial charge in [-0.05, 0) is 30.3 Å². The summed E-state index contributed by atoms with van der Waals surface area (Å²) in [6.45, 7) is -0.218. The van der Waals surface area contributed by atoms with Crippen molar-refractivity contribution in [3.8, 4) is 17.2 Å². The molecule has 0 bridgehead atoms. The van der Waals surface area contributed by atoms with Crippen molar-refractivity contribution in [2.24, 2.45) is 0 Å². The summed E-state index contributed by atoms with van der Waals surface area (Å²) in [6, 6.07) is 12.1. The van der Waals surface area contributed by atoms with E-state index in [4.69, 9.17) is 18.9 Å². The molecule has 0 fully saturated rings. The lowest BCUT2D eigenvalue weighted by Crippen LogP contribution is -2.12. The number of carbonyl (C=O) groups excluding carboxylic acids is 2. The molecule has 0 unspecified atom stereocenters. The molecule has 1 heterocycles. The van der Waals surface area contributed by atoms with E-state index in [1.165, 1.54) is 6.08 Å². The predicted molar refractivity (Wildman–Crippen MR) is 89.9 cm³/mol. The second kappa shape index (κ2) is 7.53. The van der Waals surface area contributed by atoms with Gasteiger partial charge in [0, 0.05) is 17.2 Å². The Balaban J connectivity index is 1.57. The van der Waals surface area contributed by atoms with Crippen LogP contribution >= 0.6 is 0 Å². The molecule has 6 nitrogen and oxygen atoms in total. The van der Waals surface area contributed by atoms with Gasteiger partial charge in [0.15, 0.2) is 23.9 Å². The summed E-state index contributed by atoms with van der Waals surface area (Å²) >= 11 is 0. The van der Waals surface area contributed by atoms with E-state index in [1.54, 1.807) is 43.5 Å². The molecule has 0 saturated heterocycles. The van der Waals surface area contributed by atoms with Crippen LogP contribution in [0.2, 0.25) is 0 Å². The molecule has 1 aliphatic heterocycles. The fourth-order valence-electron chi connectivity index (χ4n) is 2.30. The van der Waals surface area contributed by atoms with Gasteiger partial charge >= 0.3 is 5.97 Å². The molecular formula is C19H16O6. The van der Waals surface area contributed by atoms with E-state index in [-0.39, 0.29) is 19.2 Å². The van der Waals surface area contributed by atoms with Crippen molar-refractivity contribution in [1.29, 1.82) is 0 Å². The van der Waals surface area contributed by atoms with Crippen LogP contribution in [0.15, 0.2) is 48.5 Å². The predicted octanol–water partition coefficient (Wildman–Crippen LogP) is 2.86. The number of hydrogen-bond acceptors (Lipinski definition) is 6. The Kier molecular flexibility index (Phi) is 4.99. The number of para-hydroxylation sites is 1. The van der Waals surface area contributed by atoms with Crippen LogP contribution in [0.3, 0.4) is 0 Å². The van der Waals surface area contributed by atoms with Crippen molar-refractivity contribution in [3.63, 3.8) is 0 Å². The van der Waals surface area contributed by atoms with Crippen LogP contribution in [0.1, 0.15) is 15.9 Å². The minimum Gasteiger partial charge on any atom is -0.496 e. The summed E-state index contributed by atoms with van der Waals surface area (Å²) < 4.78 is 20.6. The fraction of sp³-hybridized carbons (Fsp3) is 0.158. The molecule has 25 heavy (non-hydrogen) atoms. The van der Waals surface area contributed by atoms with E-state index in [9.17, 15) is 9.59 Å². The Bertz CT molecular complexity index is 824. The highest BCUT2D eigenvalue weighted by Gasteiger charge is 2.16. The Morgan fingerprint density at radius 1 is 1.12 bits per heavy atom. The SMILES string of the molecule is COc1ccccc1/C=C/C(=O)OCC(=O)c1ccc2c(c1)OCO2. The number of ether oxygens (including phenoxy) is 4. The molecule has 0 amide bonds. The molecule has 2 aromatic rings. The molecule has 2 aromatic carbocycles. The molecule has 0 atom stereocenters. The van der Waals surface area contributed by atoms with Crippen molar-refractivity contribution in [1.82, 2.24) is 0 Å². The number of ketones is 1. The second-order valence-electron chi connectivity index (χ2n) is 5.17.